The van der Waals surface area contributed by atoms with E-state index < -0.39 is 23.1 Å². The zero-order valence-electron chi connectivity index (χ0n) is 16.8. The zero-order chi connectivity index (χ0) is 23.5. The molecule has 1 amide bonds. The first-order chi connectivity index (χ1) is 15.8. The standard InChI is InChI=1S/C23H15ClF2N4O3/c24-20-19(9-10-28-21(20)27)33-18-8-5-14(12-17(18)26)29-22(31)16-2-1-11-30(23(16)32)15-6-3-13(25)4-7-15/h1-12H,(H2,27,28)(H,29,31). The number of aromatic nitrogens is 2. The lowest BCUT2D eigenvalue weighted by atomic mass is 10.2. The van der Waals surface area contributed by atoms with Gasteiger partial charge in [-0.1, -0.05) is 11.6 Å². The summed E-state index contributed by atoms with van der Waals surface area (Å²) >= 11 is 6.00. The van der Waals surface area contributed by atoms with Gasteiger partial charge in [0, 0.05) is 35.9 Å². The second kappa shape index (κ2) is 9.09. The number of carbonyl (C=O) groups excluding carboxylic acids is 1. The summed E-state index contributed by atoms with van der Waals surface area (Å²) < 4.78 is 34.4. The predicted molar refractivity (Wildman–Crippen MR) is 120 cm³/mol. The first-order valence-corrected chi connectivity index (χ1v) is 9.87. The van der Waals surface area contributed by atoms with Gasteiger partial charge in [0.1, 0.15) is 22.2 Å². The molecule has 0 atom stereocenters. The van der Waals surface area contributed by atoms with Gasteiger partial charge in [-0.15, -0.1) is 0 Å². The Balaban J connectivity index is 1.55. The molecule has 166 valence electrons. The highest BCUT2D eigenvalue weighted by Crippen LogP contribution is 2.33. The number of ether oxygens (including phenoxy) is 1. The smallest absolute Gasteiger partial charge is 0.267 e. The molecule has 0 bridgehead atoms. The molecule has 2 heterocycles. The highest BCUT2D eigenvalue weighted by Gasteiger charge is 2.15. The van der Waals surface area contributed by atoms with E-state index >= 15 is 0 Å². The minimum Gasteiger partial charge on any atom is -0.453 e. The third kappa shape index (κ3) is 4.68. The van der Waals surface area contributed by atoms with Crippen LogP contribution in [0.5, 0.6) is 11.5 Å². The molecule has 0 aliphatic rings. The quantitative estimate of drug-likeness (QED) is 0.438. The van der Waals surface area contributed by atoms with Crippen molar-refractivity contribution in [3.05, 3.63) is 106 Å². The van der Waals surface area contributed by atoms with E-state index in [0.717, 1.165) is 6.07 Å². The molecule has 0 spiro atoms. The van der Waals surface area contributed by atoms with E-state index in [1.165, 1.54) is 71.6 Å². The summed E-state index contributed by atoms with van der Waals surface area (Å²) in [4.78, 5) is 29.2. The summed E-state index contributed by atoms with van der Waals surface area (Å²) in [5, 5.41) is 2.51. The van der Waals surface area contributed by atoms with Crippen molar-refractivity contribution in [2.24, 2.45) is 0 Å². The number of nitrogens with zero attached hydrogens (tertiary/aromatic N) is 2. The number of rotatable bonds is 5. The van der Waals surface area contributed by atoms with Crippen LogP contribution in [0.25, 0.3) is 5.69 Å². The largest absolute Gasteiger partial charge is 0.453 e. The number of carbonyl (C=O) groups is 1. The second-order valence-corrected chi connectivity index (χ2v) is 7.16. The number of nitrogens with one attached hydrogen (secondary N) is 1. The van der Waals surface area contributed by atoms with Crippen molar-refractivity contribution in [2.75, 3.05) is 11.1 Å². The molecule has 0 aliphatic carbocycles. The maximum atomic E-state index is 14.6. The van der Waals surface area contributed by atoms with Gasteiger partial charge in [0.15, 0.2) is 17.3 Å². The molecular weight excluding hydrogens is 454 g/mol. The summed E-state index contributed by atoms with van der Waals surface area (Å²) in [5.41, 5.74) is 5.29. The molecule has 0 radical (unpaired) electrons. The minimum absolute atomic E-state index is 0.0348. The van der Waals surface area contributed by atoms with Crippen LogP contribution < -0.4 is 21.3 Å². The Morgan fingerprint density at radius 1 is 1.06 bits per heavy atom. The molecule has 0 unspecified atom stereocenters. The lowest BCUT2D eigenvalue weighted by Crippen LogP contribution is -2.27. The molecule has 7 nitrogen and oxygen atoms in total. The van der Waals surface area contributed by atoms with Gasteiger partial charge in [-0.3, -0.25) is 14.2 Å². The summed E-state index contributed by atoms with van der Waals surface area (Å²) in [6.07, 6.45) is 2.82. The van der Waals surface area contributed by atoms with E-state index in [0.29, 0.717) is 5.69 Å². The SMILES string of the molecule is Nc1nccc(Oc2ccc(NC(=O)c3cccn(-c4ccc(F)cc4)c3=O)cc2F)c1Cl. The molecule has 2 aromatic carbocycles. The molecule has 0 fully saturated rings. The highest BCUT2D eigenvalue weighted by molar-refractivity contribution is 6.34. The Kier molecular flexibility index (Phi) is 6.05. The fourth-order valence-electron chi connectivity index (χ4n) is 2.97. The van der Waals surface area contributed by atoms with Gasteiger partial charge >= 0.3 is 0 Å². The van der Waals surface area contributed by atoms with Crippen LogP contribution in [0.2, 0.25) is 5.02 Å². The Bertz CT molecular complexity index is 1410. The fraction of sp³-hybridized carbons (Fsp3) is 0. The summed E-state index contributed by atoms with van der Waals surface area (Å²) in [7, 11) is 0. The Hall–Kier alpha value is -4.24. The van der Waals surface area contributed by atoms with Crippen LogP contribution in [0.15, 0.2) is 77.9 Å². The summed E-state index contributed by atoms with van der Waals surface area (Å²) in [5.74, 6) is -1.98. The molecule has 0 aliphatic heterocycles. The minimum atomic E-state index is -0.781. The third-order valence-electron chi connectivity index (χ3n) is 4.59. The predicted octanol–water partition coefficient (Wildman–Crippen LogP) is 4.79. The molecule has 10 heteroatoms. The van der Waals surface area contributed by atoms with Crippen molar-refractivity contribution >= 4 is 29.0 Å². The van der Waals surface area contributed by atoms with Gasteiger partial charge in [0.2, 0.25) is 0 Å². The van der Waals surface area contributed by atoms with Gasteiger partial charge in [0.25, 0.3) is 11.5 Å². The molecule has 4 aromatic rings. The number of nitrogens with two attached hydrogens (primary N) is 1. The normalized spacial score (nSPS) is 10.6. The van der Waals surface area contributed by atoms with E-state index in [4.69, 9.17) is 22.1 Å². The van der Waals surface area contributed by atoms with Gasteiger partial charge < -0.3 is 15.8 Å². The lowest BCUT2D eigenvalue weighted by molar-refractivity contribution is 0.102. The number of benzene rings is 2. The van der Waals surface area contributed by atoms with Crippen LogP contribution in [-0.4, -0.2) is 15.5 Å². The van der Waals surface area contributed by atoms with E-state index in [9.17, 15) is 18.4 Å². The number of pyridine rings is 2. The summed E-state index contributed by atoms with van der Waals surface area (Å²) in [6, 6.07) is 13.2. The van der Waals surface area contributed by atoms with Crippen molar-refractivity contribution in [2.45, 2.75) is 0 Å². The summed E-state index contributed by atoms with van der Waals surface area (Å²) in [6.45, 7) is 0. The number of hydrogen-bond donors (Lipinski definition) is 2. The van der Waals surface area contributed by atoms with Crippen LogP contribution in [0.3, 0.4) is 0 Å². The van der Waals surface area contributed by atoms with Crippen molar-refractivity contribution in [3.8, 4) is 17.2 Å². The molecular formula is C23H15ClF2N4O3. The number of amides is 1. The fourth-order valence-corrected chi connectivity index (χ4v) is 3.12. The molecule has 0 saturated heterocycles. The monoisotopic (exact) mass is 468 g/mol. The molecule has 0 saturated carbocycles. The zero-order valence-corrected chi connectivity index (χ0v) is 17.5. The van der Waals surface area contributed by atoms with Crippen molar-refractivity contribution in [1.82, 2.24) is 9.55 Å². The highest BCUT2D eigenvalue weighted by atomic mass is 35.5. The number of halogens is 3. The van der Waals surface area contributed by atoms with Gasteiger partial charge in [-0.25, -0.2) is 13.8 Å². The molecule has 33 heavy (non-hydrogen) atoms. The molecule has 2 aromatic heterocycles. The number of anilines is 2. The van der Waals surface area contributed by atoms with Crippen molar-refractivity contribution < 1.29 is 18.3 Å². The van der Waals surface area contributed by atoms with Gasteiger partial charge in [0.05, 0.1) is 0 Å². The van der Waals surface area contributed by atoms with Crippen molar-refractivity contribution in [1.29, 1.82) is 0 Å². The van der Waals surface area contributed by atoms with Crippen LogP contribution in [0.1, 0.15) is 10.4 Å². The van der Waals surface area contributed by atoms with E-state index in [-0.39, 0.29) is 33.6 Å². The third-order valence-corrected chi connectivity index (χ3v) is 4.97. The first-order valence-electron chi connectivity index (χ1n) is 9.50. The van der Waals surface area contributed by atoms with E-state index in [1.807, 2.05) is 0 Å². The van der Waals surface area contributed by atoms with Gasteiger partial charge in [-0.05, 0) is 48.5 Å². The first kappa shape index (κ1) is 22.0. The van der Waals surface area contributed by atoms with E-state index in [2.05, 4.69) is 10.3 Å². The maximum absolute atomic E-state index is 14.6. The van der Waals surface area contributed by atoms with Crippen LogP contribution in [0.4, 0.5) is 20.3 Å². The number of nitrogen functional groups attached to an aromatic ring is 1. The Morgan fingerprint density at radius 3 is 2.55 bits per heavy atom. The topological polar surface area (TPSA) is 99.2 Å². The van der Waals surface area contributed by atoms with E-state index in [1.54, 1.807) is 0 Å². The average Bonchev–Trinajstić information content (AvgIpc) is 2.79. The van der Waals surface area contributed by atoms with Crippen molar-refractivity contribution in [3.63, 3.8) is 0 Å². The van der Waals surface area contributed by atoms with Crippen LogP contribution >= 0.6 is 11.6 Å². The second-order valence-electron chi connectivity index (χ2n) is 6.78. The average molecular weight is 469 g/mol. The number of hydrogen-bond acceptors (Lipinski definition) is 5. The van der Waals surface area contributed by atoms with Crippen LogP contribution in [-0.2, 0) is 0 Å². The molecule has 3 N–H and O–H groups in total. The van der Waals surface area contributed by atoms with Gasteiger partial charge in [-0.2, -0.15) is 0 Å². The maximum Gasteiger partial charge on any atom is 0.267 e. The van der Waals surface area contributed by atoms with Crippen LogP contribution in [0, 0.1) is 11.6 Å². The molecule has 4 rings (SSSR count). The lowest BCUT2D eigenvalue weighted by Gasteiger charge is -2.11. The Labute approximate surface area is 191 Å². The Morgan fingerprint density at radius 2 is 1.82 bits per heavy atom.